The summed E-state index contributed by atoms with van der Waals surface area (Å²) in [7, 11) is 0. The van der Waals surface area contributed by atoms with E-state index < -0.39 is 60.3 Å². The van der Waals surface area contributed by atoms with E-state index in [4.69, 9.17) is 10.5 Å². The summed E-state index contributed by atoms with van der Waals surface area (Å²) < 4.78 is 5.50. The van der Waals surface area contributed by atoms with Crippen LogP contribution in [-0.2, 0) is 48.2 Å². The maximum absolute atomic E-state index is 13.5. The van der Waals surface area contributed by atoms with Crippen LogP contribution in [0.4, 0.5) is 0 Å². The minimum Gasteiger partial charge on any atom is -0.508 e. The Morgan fingerprint density at radius 3 is 1.88 bits per heavy atom. The second-order valence-electron chi connectivity index (χ2n) is 12.0. The van der Waals surface area contributed by atoms with E-state index in [9.17, 15) is 29.1 Å². The van der Waals surface area contributed by atoms with Crippen molar-refractivity contribution in [2.45, 2.75) is 70.8 Å². The molecule has 0 radical (unpaired) electrons. The number of phenols is 1. The lowest BCUT2D eigenvalue weighted by atomic mass is 10.0. The third-order valence-electron chi connectivity index (χ3n) is 7.37. The van der Waals surface area contributed by atoms with Crippen LogP contribution in [0.15, 0.2) is 84.9 Å². The Hall–Kier alpha value is -5.23. The van der Waals surface area contributed by atoms with Crippen molar-refractivity contribution >= 4 is 29.6 Å². The lowest BCUT2D eigenvalue weighted by Gasteiger charge is -2.24. The van der Waals surface area contributed by atoms with Crippen LogP contribution in [0.5, 0.6) is 5.75 Å². The van der Waals surface area contributed by atoms with Gasteiger partial charge in [0.05, 0.1) is 12.6 Å². The van der Waals surface area contributed by atoms with Gasteiger partial charge in [0.15, 0.2) is 0 Å². The molecule has 3 rings (SSSR count). The fraction of sp³-hybridized carbons (Fsp3) is 0.361. The molecule has 12 heteroatoms. The number of hydrogen-bond acceptors (Lipinski definition) is 8. The molecule has 0 aromatic heterocycles. The highest BCUT2D eigenvalue weighted by Crippen LogP contribution is 2.12. The topological polar surface area (TPSA) is 189 Å². The molecular formula is C36H45N5O7. The van der Waals surface area contributed by atoms with Crippen molar-refractivity contribution in [3.8, 4) is 5.75 Å². The molecule has 0 heterocycles. The molecule has 3 aromatic rings. The van der Waals surface area contributed by atoms with Crippen LogP contribution in [0.2, 0.25) is 0 Å². The number of carbonyl (C=O) groups is 5. The molecule has 0 saturated heterocycles. The molecular weight excluding hydrogens is 614 g/mol. The van der Waals surface area contributed by atoms with Crippen LogP contribution < -0.4 is 27.0 Å². The van der Waals surface area contributed by atoms with Gasteiger partial charge in [-0.15, -0.1) is 0 Å². The number of amides is 4. The molecule has 7 N–H and O–H groups in total. The van der Waals surface area contributed by atoms with E-state index in [0.29, 0.717) is 6.42 Å². The predicted octanol–water partition coefficient (Wildman–Crippen LogP) is 1.88. The van der Waals surface area contributed by atoms with Crippen molar-refractivity contribution in [2.75, 3.05) is 6.54 Å². The van der Waals surface area contributed by atoms with Crippen molar-refractivity contribution in [2.24, 2.45) is 11.7 Å². The fourth-order valence-electron chi connectivity index (χ4n) is 4.78. The lowest BCUT2D eigenvalue weighted by Crippen LogP contribution is -2.55. The Bertz CT molecular complexity index is 1500. The monoisotopic (exact) mass is 659 g/mol. The highest BCUT2D eigenvalue weighted by molar-refractivity contribution is 5.94. The fourth-order valence-corrected chi connectivity index (χ4v) is 4.78. The predicted molar refractivity (Wildman–Crippen MR) is 180 cm³/mol. The molecule has 0 aliphatic carbocycles. The number of phenolic OH excluding ortho intramolecular Hbond substituents is 1. The van der Waals surface area contributed by atoms with Gasteiger partial charge < -0.3 is 36.8 Å². The van der Waals surface area contributed by atoms with Crippen molar-refractivity contribution in [1.82, 2.24) is 21.3 Å². The van der Waals surface area contributed by atoms with Crippen LogP contribution in [0, 0.1) is 5.92 Å². The number of nitrogens with two attached hydrogens (primary N) is 1. The summed E-state index contributed by atoms with van der Waals surface area (Å²) in [4.78, 5) is 64.8. The average Bonchev–Trinajstić information content (AvgIpc) is 3.07. The number of ether oxygens (including phenoxy) is 1. The number of hydrogen-bond donors (Lipinski definition) is 6. The first-order chi connectivity index (χ1) is 22.9. The largest absolute Gasteiger partial charge is 0.508 e. The number of esters is 1. The average molecular weight is 660 g/mol. The van der Waals surface area contributed by atoms with Gasteiger partial charge in [-0.3, -0.25) is 19.2 Å². The van der Waals surface area contributed by atoms with Gasteiger partial charge in [0.1, 0.15) is 30.5 Å². The minimum atomic E-state index is -1.07. The summed E-state index contributed by atoms with van der Waals surface area (Å²) in [5.41, 5.74) is 8.30. The van der Waals surface area contributed by atoms with Gasteiger partial charge in [-0.1, -0.05) is 86.6 Å². The molecule has 0 spiro atoms. The molecule has 4 atom stereocenters. The van der Waals surface area contributed by atoms with E-state index in [1.165, 1.54) is 19.1 Å². The number of carbonyl (C=O) groups excluding carboxylic acids is 5. The Morgan fingerprint density at radius 2 is 1.27 bits per heavy atom. The van der Waals surface area contributed by atoms with E-state index >= 15 is 0 Å². The number of rotatable bonds is 17. The number of aromatic hydroxyl groups is 1. The Balaban J connectivity index is 1.58. The molecule has 0 aliphatic rings. The van der Waals surface area contributed by atoms with Crippen molar-refractivity contribution in [3.05, 3.63) is 102 Å². The summed E-state index contributed by atoms with van der Waals surface area (Å²) >= 11 is 0. The normalized spacial score (nSPS) is 13.4. The molecule has 3 aromatic carbocycles. The van der Waals surface area contributed by atoms with Crippen LogP contribution in [0.25, 0.3) is 0 Å². The maximum atomic E-state index is 13.5. The molecule has 48 heavy (non-hydrogen) atoms. The maximum Gasteiger partial charge on any atom is 0.328 e. The summed E-state index contributed by atoms with van der Waals surface area (Å²) in [5, 5.41) is 19.8. The minimum absolute atomic E-state index is 0.0528. The zero-order valence-corrected chi connectivity index (χ0v) is 27.5. The Morgan fingerprint density at radius 1 is 0.688 bits per heavy atom. The molecule has 4 amide bonds. The second kappa shape index (κ2) is 18.8. The van der Waals surface area contributed by atoms with E-state index in [1.54, 1.807) is 24.3 Å². The zero-order valence-electron chi connectivity index (χ0n) is 27.5. The quantitative estimate of drug-likeness (QED) is 0.119. The Labute approximate surface area is 280 Å². The summed E-state index contributed by atoms with van der Waals surface area (Å²) in [5.74, 6) is -2.85. The van der Waals surface area contributed by atoms with E-state index in [2.05, 4.69) is 21.3 Å². The summed E-state index contributed by atoms with van der Waals surface area (Å²) in [6, 6.07) is 20.6. The highest BCUT2D eigenvalue weighted by Gasteiger charge is 2.29. The van der Waals surface area contributed by atoms with Crippen molar-refractivity contribution in [3.63, 3.8) is 0 Å². The molecule has 256 valence electrons. The molecule has 0 aliphatic heterocycles. The van der Waals surface area contributed by atoms with Crippen molar-refractivity contribution < 1.29 is 33.8 Å². The highest BCUT2D eigenvalue weighted by atomic mass is 16.5. The van der Waals surface area contributed by atoms with Gasteiger partial charge >= 0.3 is 5.97 Å². The summed E-state index contributed by atoms with van der Waals surface area (Å²) in [6.45, 7) is 4.88. The van der Waals surface area contributed by atoms with Crippen LogP contribution in [-0.4, -0.2) is 65.4 Å². The van der Waals surface area contributed by atoms with Crippen LogP contribution in [0.3, 0.4) is 0 Å². The van der Waals surface area contributed by atoms with Crippen LogP contribution in [0.1, 0.15) is 43.9 Å². The molecule has 12 nitrogen and oxygen atoms in total. The second-order valence-corrected chi connectivity index (χ2v) is 12.0. The molecule has 0 saturated carbocycles. The number of nitrogens with one attached hydrogen (secondary N) is 4. The third-order valence-corrected chi connectivity index (χ3v) is 7.37. The van der Waals surface area contributed by atoms with Crippen molar-refractivity contribution in [1.29, 1.82) is 0 Å². The summed E-state index contributed by atoms with van der Waals surface area (Å²) in [6.07, 6.45) is 0.644. The van der Waals surface area contributed by atoms with E-state index in [1.807, 2.05) is 62.4 Å². The van der Waals surface area contributed by atoms with Gasteiger partial charge in [-0.2, -0.15) is 0 Å². The molecule has 0 fully saturated rings. The molecule has 0 bridgehead atoms. The van der Waals surface area contributed by atoms with Gasteiger partial charge in [0.2, 0.25) is 23.6 Å². The first-order valence-electron chi connectivity index (χ1n) is 15.9. The zero-order chi connectivity index (χ0) is 35.1. The SMILES string of the molecule is CC(C)C[C@@H](NC(=O)[C@H](Cc1ccccc1)NC(=O)CNC(=O)[C@@H](C)NC(=O)[C@H](N)Cc1ccc(O)cc1)C(=O)OCc1ccccc1. The first-order valence-corrected chi connectivity index (χ1v) is 15.9. The van der Waals surface area contributed by atoms with Crippen LogP contribution >= 0.6 is 0 Å². The van der Waals surface area contributed by atoms with Gasteiger partial charge in [-0.05, 0) is 54.5 Å². The van der Waals surface area contributed by atoms with Gasteiger partial charge in [-0.25, -0.2) is 4.79 Å². The first kappa shape index (κ1) is 37.2. The molecule has 0 unspecified atom stereocenters. The standard InChI is InChI=1S/C36H45N5O7/c1-23(2)18-31(36(47)48-22-27-12-8-5-9-13-27)41-35(46)30(20-25-10-6-4-7-11-25)40-32(43)21-38-33(44)24(3)39-34(45)29(37)19-26-14-16-28(42)17-15-26/h4-17,23-24,29-31,42H,18-22,37H2,1-3H3,(H,38,44)(H,39,45)(H,40,43)(H,41,46)/t24-,29-,30+,31-/m1/s1. The van der Waals surface area contributed by atoms with Gasteiger partial charge in [0.25, 0.3) is 0 Å². The third kappa shape index (κ3) is 12.9. The Kier molecular flexibility index (Phi) is 14.6. The van der Waals surface area contributed by atoms with E-state index in [0.717, 1.165) is 16.7 Å². The number of benzene rings is 3. The smallest absolute Gasteiger partial charge is 0.328 e. The van der Waals surface area contributed by atoms with Gasteiger partial charge in [0, 0.05) is 6.42 Å². The lowest BCUT2D eigenvalue weighted by molar-refractivity contribution is -0.149. The van der Waals surface area contributed by atoms with E-state index in [-0.39, 0.29) is 31.1 Å².